The first-order valence-electron chi connectivity index (χ1n) is 6.12. The van der Waals surface area contributed by atoms with Gasteiger partial charge in [-0.15, -0.1) is 0 Å². The minimum Gasteiger partial charge on any atom is -0.346 e. The second-order valence-electron chi connectivity index (χ2n) is 5.26. The van der Waals surface area contributed by atoms with Crippen LogP contribution in [-0.2, 0) is 0 Å². The Labute approximate surface area is 96.1 Å². The number of hydrogen-bond donors (Lipinski definition) is 1. The van der Waals surface area contributed by atoms with Crippen molar-refractivity contribution in [3.63, 3.8) is 0 Å². The van der Waals surface area contributed by atoms with Crippen LogP contribution in [0.2, 0.25) is 0 Å². The number of benzene rings is 1. The van der Waals surface area contributed by atoms with E-state index in [0.717, 1.165) is 12.0 Å². The predicted octanol–water partition coefficient (Wildman–Crippen LogP) is 2.85. The van der Waals surface area contributed by atoms with Crippen LogP contribution in [-0.4, -0.2) is 11.4 Å². The number of nitrogens with one attached hydrogen (secondary N) is 1. The Balaban J connectivity index is 2.13. The highest BCUT2D eigenvalue weighted by atomic mass is 16.1. The SMILES string of the molecule is C[C@]12CCCC[C@@H]1c1ccccc1C(=O)N2. The topological polar surface area (TPSA) is 29.1 Å². The summed E-state index contributed by atoms with van der Waals surface area (Å²) < 4.78 is 0. The van der Waals surface area contributed by atoms with Crippen LogP contribution in [0.15, 0.2) is 24.3 Å². The van der Waals surface area contributed by atoms with Crippen molar-refractivity contribution in [2.75, 3.05) is 0 Å². The van der Waals surface area contributed by atoms with E-state index >= 15 is 0 Å². The molecule has 2 heteroatoms. The summed E-state index contributed by atoms with van der Waals surface area (Å²) in [6.45, 7) is 2.20. The second kappa shape index (κ2) is 3.34. The van der Waals surface area contributed by atoms with Crippen molar-refractivity contribution in [3.8, 4) is 0 Å². The highest BCUT2D eigenvalue weighted by Crippen LogP contribution is 2.44. The molecule has 2 aliphatic rings. The molecule has 1 saturated carbocycles. The van der Waals surface area contributed by atoms with Crippen LogP contribution in [0, 0.1) is 0 Å². The van der Waals surface area contributed by atoms with Crippen LogP contribution in [0.3, 0.4) is 0 Å². The molecule has 0 spiro atoms. The highest BCUT2D eigenvalue weighted by Gasteiger charge is 2.43. The summed E-state index contributed by atoms with van der Waals surface area (Å²) in [5.41, 5.74) is 2.13. The molecule has 1 aromatic carbocycles. The van der Waals surface area contributed by atoms with E-state index in [-0.39, 0.29) is 11.4 Å². The van der Waals surface area contributed by atoms with Gasteiger partial charge in [0.05, 0.1) is 0 Å². The molecule has 1 fully saturated rings. The lowest BCUT2D eigenvalue weighted by Crippen LogP contribution is -2.55. The zero-order valence-electron chi connectivity index (χ0n) is 9.62. The Bertz CT molecular complexity index is 440. The Morgan fingerprint density at radius 3 is 3.00 bits per heavy atom. The Morgan fingerprint density at radius 2 is 2.12 bits per heavy atom. The van der Waals surface area contributed by atoms with Crippen molar-refractivity contribution in [2.24, 2.45) is 0 Å². The first-order chi connectivity index (χ1) is 7.71. The first-order valence-corrected chi connectivity index (χ1v) is 6.12. The summed E-state index contributed by atoms with van der Waals surface area (Å²) in [5, 5.41) is 3.21. The van der Waals surface area contributed by atoms with Crippen molar-refractivity contribution in [1.82, 2.24) is 5.32 Å². The van der Waals surface area contributed by atoms with Gasteiger partial charge in [-0.25, -0.2) is 0 Å². The van der Waals surface area contributed by atoms with E-state index in [4.69, 9.17) is 0 Å². The standard InChI is InChI=1S/C14H17NO/c1-14-9-5-4-8-12(14)10-6-2-3-7-11(10)13(16)15-14/h2-3,6-7,12H,4-5,8-9H2,1H3,(H,15,16)/t12-,14+/m1/s1. The molecule has 1 amide bonds. The van der Waals surface area contributed by atoms with Gasteiger partial charge in [0.1, 0.15) is 0 Å². The molecule has 1 N–H and O–H groups in total. The Morgan fingerprint density at radius 1 is 1.31 bits per heavy atom. The van der Waals surface area contributed by atoms with Crippen molar-refractivity contribution in [1.29, 1.82) is 0 Å². The summed E-state index contributed by atoms with van der Waals surface area (Å²) in [6, 6.07) is 8.07. The molecule has 1 aromatic rings. The summed E-state index contributed by atoms with van der Waals surface area (Å²) >= 11 is 0. The third-order valence-corrected chi connectivity index (χ3v) is 4.19. The van der Waals surface area contributed by atoms with Crippen molar-refractivity contribution >= 4 is 5.91 Å². The van der Waals surface area contributed by atoms with Crippen LogP contribution in [0.4, 0.5) is 0 Å². The first kappa shape index (κ1) is 9.88. The van der Waals surface area contributed by atoms with Gasteiger partial charge in [0.25, 0.3) is 5.91 Å². The molecule has 84 valence electrons. The maximum Gasteiger partial charge on any atom is 0.252 e. The van der Waals surface area contributed by atoms with Crippen molar-refractivity contribution in [2.45, 2.75) is 44.1 Å². The van der Waals surface area contributed by atoms with Gasteiger partial charge >= 0.3 is 0 Å². The van der Waals surface area contributed by atoms with Crippen LogP contribution in [0.25, 0.3) is 0 Å². The molecule has 3 rings (SSSR count). The molecular weight excluding hydrogens is 198 g/mol. The lowest BCUT2D eigenvalue weighted by molar-refractivity contribution is 0.0829. The molecule has 0 bridgehead atoms. The summed E-state index contributed by atoms with van der Waals surface area (Å²) in [6.07, 6.45) is 4.82. The van der Waals surface area contributed by atoms with Crippen molar-refractivity contribution < 1.29 is 4.79 Å². The fourth-order valence-electron chi connectivity index (χ4n) is 3.32. The largest absolute Gasteiger partial charge is 0.346 e. The second-order valence-corrected chi connectivity index (χ2v) is 5.26. The zero-order chi connectivity index (χ0) is 11.2. The molecule has 0 radical (unpaired) electrons. The molecular formula is C14H17NO. The summed E-state index contributed by atoms with van der Waals surface area (Å²) in [7, 11) is 0. The normalized spacial score (nSPS) is 32.6. The van der Waals surface area contributed by atoms with Gasteiger partial charge in [-0.2, -0.15) is 0 Å². The molecule has 16 heavy (non-hydrogen) atoms. The number of carbonyl (C=O) groups is 1. The molecule has 2 atom stereocenters. The molecule has 0 saturated heterocycles. The van der Waals surface area contributed by atoms with Gasteiger partial charge in [-0.05, 0) is 31.4 Å². The van der Waals surface area contributed by atoms with E-state index < -0.39 is 0 Å². The van der Waals surface area contributed by atoms with E-state index in [2.05, 4.69) is 18.3 Å². The lowest BCUT2D eigenvalue weighted by atomic mass is 9.67. The molecule has 0 unspecified atom stereocenters. The summed E-state index contributed by atoms with van der Waals surface area (Å²) in [5.74, 6) is 0.617. The Hall–Kier alpha value is -1.31. The highest BCUT2D eigenvalue weighted by molar-refractivity contribution is 5.97. The van der Waals surface area contributed by atoms with Gasteiger partial charge in [0, 0.05) is 17.0 Å². The number of hydrogen-bond acceptors (Lipinski definition) is 1. The maximum atomic E-state index is 12.0. The predicted molar refractivity (Wildman–Crippen MR) is 63.5 cm³/mol. The average Bonchev–Trinajstić information content (AvgIpc) is 2.28. The van der Waals surface area contributed by atoms with Gasteiger partial charge in [-0.3, -0.25) is 4.79 Å². The van der Waals surface area contributed by atoms with Gasteiger partial charge in [0.15, 0.2) is 0 Å². The number of fused-ring (bicyclic) bond motifs is 3. The third kappa shape index (κ3) is 1.29. The monoisotopic (exact) mass is 215 g/mol. The van der Waals surface area contributed by atoms with E-state index in [1.807, 2.05) is 18.2 Å². The molecule has 0 aromatic heterocycles. The van der Waals surface area contributed by atoms with Crippen LogP contribution in [0.1, 0.15) is 54.4 Å². The van der Waals surface area contributed by atoms with Crippen LogP contribution in [0.5, 0.6) is 0 Å². The zero-order valence-corrected chi connectivity index (χ0v) is 9.62. The summed E-state index contributed by atoms with van der Waals surface area (Å²) in [4.78, 5) is 12.0. The quantitative estimate of drug-likeness (QED) is 0.708. The smallest absolute Gasteiger partial charge is 0.252 e. The molecule has 1 heterocycles. The number of carbonyl (C=O) groups excluding carboxylic acids is 1. The van der Waals surface area contributed by atoms with E-state index in [1.54, 1.807) is 0 Å². The minimum atomic E-state index is -0.0102. The number of amides is 1. The minimum absolute atomic E-state index is 0.0102. The lowest BCUT2D eigenvalue weighted by Gasteiger charge is -2.46. The average molecular weight is 215 g/mol. The Kier molecular flexibility index (Phi) is 2.06. The third-order valence-electron chi connectivity index (χ3n) is 4.19. The van der Waals surface area contributed by atoms with E-state index in [0.29, 0.717) is 5.92 Å². The fraction of sp³-hybridized carbons (Fsp3) is 0.500. The van der Waals surface area contributed by atoms with E-state index in [9.17, 15) is 4.79 Å². The maximum absolute atomic E-state index is 12.0. The molecule has 1 aliphatic heterocycles. The van der Waals surface area contributed by atoms with Crippen LogP contribution < -0.4 is 5.32 Å². The molecule has 2 nitrogen and oxygen atoms in total. The molecule has 1 aliphatic carbocycles. The van der Waals surface area contributed by atoms with Gasteiger partial charge in [-0.1, -0.05) is 31.0 Å². The van der Waals surface area contributed by atoms with Crippen LogP contribution >= 0.6 is 0 Å². The van der Waals surface area contributed by atoms with E-state index in [1.165, 1.54) is 24.8 Å². The van der Waals surface area contributed by atoms with Gasteiger partial charge in [0.2, 0.25) is 0 Å². The fourth-order valence-corrected chi connectivity index (χ4v) is 3.32. The van der Waals surface area contributed by atoms with Crippen molar-refractivity contribution in [3.05, 3.63) is 35.4 Å². The van der Waals surface area contributed by atoms with Gasteiger partial charge < -0.3 is 5.32 Å². The number of rotatable bonds is 0.